The van der Waals surface area contributed by atoms with Gasteiger partial charge in [-0.3, -0.25) is 4.79 Å². The van der Waals surface area contributed by atoms with Crippen molar-refractivity contribution in [3.05, 3.63) is 16.1 Å². The molecular weight excluding hydrogens is 206 g/mol. The van der Waals surface area contributed by atoms with Gasteiger partial charge in [-0.05, 0) is 19.3 Å². The third-order valence-electron chi connectivity index (χ3n) is 3.34. The Morgan fingerprint density at radius 3 is 3.00 bits per heavy atom. The number of hydrogen-bond donors (Lipinski definition) is 0. The van der Waals surface area contributed by atoms with Crippen LogP contribution in [0.4, 0.5) is 0 Å². The zero-order valence-electron chi connectivity index (χ0n) is 9.32. The highest BCUT2D eigenvalue weighted by Crippen LogP contribution is 2.40. The van der Waals surface area contributed by atoms with Crippen molar-refractivity contribution >= 4 is 17.1 Å². The molecule has 0 saturated heterocycles. The van der Waals surface area contributed by atoms with Crippen LogP contribution < -0.4 is 0 Å². The number of aromatic nitrogens is 1. The molecule has 2 unspecified atom stereocenters. The number of thiazole rings is 1. The van der Waals surface area contributed by atoms with Gasteiger partial charge in [-0.1, -0.05) is 13.3 Å². The molecule has 3 heteroatoms. The summed E-state index contributed by atoms with van der Waals surface area (Å²) in [7, 11) is 0. The number of ketones is 1. The Hall–Kier alpha value is -0.700. The molecule has 0 radical (unpaired) electrons. The molecule has 0 aromatic carbocycles. The molecule has 2 rings (SSSR count). The summed E-state index contributed by atoms with van der Waals surface area (Å²) < 4.78 is 0. The molecule has 1 aliphatic rings. The first kappa shape index (κ1) is 10.8. The van der Waals surface area contributed by atoms with Gasteiger partial charge in [-0.25, -0.2) is 4.98 Å². The van der Waals surface area contributed by atoms with Crippen molar-refractivity contribution in [3.63, 3.8) is 0 Å². The van der Waals surface area contributed by atoms with Crippen LogP contribution in [-0.2, 0) is 4.79 Å². The highest BCUT2D eigenvalue weighted by atomic mass is 32.1. The second-order valence-electron chi connectivity index (χ2n) is 4.34. The van der Waals surface area contributed by atoms with E-state index < -0.39 is 0 Å². The van der Waals surface area contributed by atoms with Crippen molar-refractivity contribution in [2.24, 2.45) is 5.92 Å². The minimum Gasteiger partial charge on any atom is -0.300 e. The molecule has 0 N–H and O–H groups in total. The van der Waals surface area contributed by atoms with Crippen LogP contribution in [0.2, 0.25) is 0 Å². The first-order valence-electron chi connectivity index (χ1n) is 5.64. The average Bonchev–Trinajstić information content (AvgIpc) is 2.65. The van der Waals surface area contributed by atoms with E-state index in [2.05, 4.69) is 11.9 Å². The first-order chi connectivity index (χ1) is 7.20. The Morgan fingerprint density at radius 2 is 2.40 bits per heavy atom. The minimum atomic E-state index is 0.427. The van der Waals surface area contributed by atoms with Crippen molar-refractivity contribution in [1.82, 2.24) is 4.98 Å². The molecule has 2 nitrogen and oxygen atoms in total. The lowest BCUT2D eigenvalue weighted by molar-refractivity contribution is -0.121. The Labute approximate surface area is 94.7 Å². The monoisotopic (exact) mass is 223 g/mol. The summed E-state index contributed by atoms with van der Waals surface area (Å²) in [5.74, 6) is 1.56. The highest BCUT2D eigenvalue weighted by molar-refractivity contribution is 7.11. The van der Waals surface area contributed by atoms with Gasteiger partial charge in [0.05, 0.1) is 5.01 Å². The van der Waals surface area contributed by atoms with Gasteiger partial charge in [-0.2, -0.15) is 0 Å². The molecule has 2 atom stereocenters. The predicted octanol–water partition coefficient (Wildman–Crippen LogP) is 3.31. The largest absolute Gasteiger partial charge is 0.300 e. The van der Waals surface area contributed by atoms with Crippen LogP contribution in [0.1, 0.15) is 48.4 Å². The van der Waals surface area contributed by atoms with Crippen molar-refractivity contribution in [2.45, 2.75) is 45.4 Å². The van der Waals surface area contributed by atoms with Crippen LogP contribution in [0.3, 0.4) is 0 Å². The van der Waals surface area contributed by atoms with Gasteiger partial charge in [0.15, 0.2) is 0 Å². The summed E-state index contributed by atoms with van der Waals surface area (Å²) >= 11 is 1.75. The maximum Gasteiger partial charge on any atom is 0.133 e. The number of rotatable bonds is 2. The van der Waals surface area contributed by atoms with Crippen molar-refractivity contribution in [3.8, 4) is 0 Å². The smallest absolute Gasteiger partial charge is 0.133 e. The van der Waals surface area contributed by atoms with Crippen LogP contribution in [0.25, 0.3) is 0 Å². The summed E-state index contributed by atoms with van der Waals surface area (Å²) in [5, 5.41) is 1.11. The fourth-order valence-corrected chi connectivity index (χ4v) is 3.41. The molecule has 1 aliphatic carbocycles. The first-order valence-corrected chi connectivity index (χ1v) is 6.46. The molecule has 1 fully saturated rings. The third kappa shape index (κ3) is 2.28. The maximum atomic E-state index is 11.5. The number of carbonyl (C=O) groups excluding carboxylic acids is 1. The number of Topliss-reactive ketones (excluding diaryl/α,β-unsaturated/α-hetero) is 1. The molecule has 0 aliphatic heterocycles. The molecule has 15 heavy (non-hydrogen) atoms. The second-order valence-corrected chi connectivity index (χ2v) is 5.60. The highest BCUT2D eigenvalue weighted by Gasteiger charge is 2.30. The average molecular weight is 223 g/mol. The van der Waals surface area contributed by atoms with E-state index in [9.17, 15) is 4.79 Å². The fourth-order valence-electron chi connectivity index (χ4n) is 2.43. The van der Waals surface area contributed by atoms with E-state index >= 15 is 0 Å². The molecule has 1 aromatic heterocycles. The van der Waals surface area contributed by atoms with E-state index in [1.54, 1.807) is 11.3 Å². The Bertz CT molecular complexity index is 358. The minimum absolute atomic E-state index is 0.427. The summed E-state index contributed by atoms with van der Waals surface area (Å²) in [6, 6.07) is 0. The van der Waals surface area contributed by atoms with Gasteiger partial charge in [0.1, 0.15) is 5.78 Å². The summed E-state index contributed by atoms with van der Waals surface area (Å²) in [5.41, 5.74) is 0. The van der Waals surface area contributed by atoms with E-state index in [1.165, 1.54) is 11.3 Å². The molecular formula is C12H17NOS. The maximum absolute atomic E-state index is 11.5. The fraction of sp³-hybridized carbons (Fsp3) is 0.667. The number of aryl methyl sites for hydroxylation is 1. The Morgan fingerprint density at radius 1 is 1.60 bits per heavy atom. The van der Waals surface area contributed by atoms with Crippen molar-refractivity contribution in [2.75, 3.05) is 0 Å². The number of hydrogen-bond acceptors (Lipinski definition) is 3. The van der Waals surface area contributed by atoms with Gasteiger partial charge in [0.25, 0.3) is 0 Å². The standard InChI is InChI=1S/C12H17NOS/c1-3-9-4-5-10(14)6-11(9)12-7-13-8(2)15-12/h7,9,11H,3-6H2,1-2H3. The molecule has 0 spiro atoms. The Kier molecular flexibility index (Phi) is 3.19. The quantitative estimate of drug-likeness (QED) is 0.770. The van der Waals surface area contributed by atoms with Gasteiger partial charge in [0, 0.05) is 29.8 Å². The molecule has 1 aromatic rings. The molecule has 1 saturated carbocycles. The zero-order valence-corrected chi connectivity index (χ0v) is 10.1. The lowest BCUT2D eigenvalue weighted by Gasteiger charge is -2.28. The number of carbonyl (C=O) groups is 1. The van der Waals surface area contributed by atoms with E-state index in [-0.39, 0.29) is 0 Å². The van der Waals surface area contributed by atoms with Crippen LogP contribution >= 0.6 is 11.3 Å². The Balaban J connectivity index is 2.20. The van der Waals surface area contributed by atoms with E-state index in [0.29, 0.717) is 17.6 Å². The van der Waals surface area contributed by atoms with Crippen LogP contribution in [-0.4, -0.2) is 10.8 Å². The SMILES string of the molecule is CCC1CCC(=O)CC1c1cnc(C)s1. The second kappa shape index (κ2) is 4.44. The van der Waals surface area contributed by atoms with E-state index in [4.69, 9.17) is 0 Å². The normalized spacial score (nSPS) is 26.9. The third-order valence-corrected chi connectivity index (χ3v) is 4.38. The lowest BCUT2D eigenvalue weighted by atomic mass is 9.77. The topological polar surface area (TPSA) is 30.0 Å². The summed E-state index contributed by atoms with van der Waals surface area (Å²) in [6.45, 7) is 4.25. The number of nitrogens with zero attached hydrogens (tertiary/aromatic N) is 1. The van der Waals surface area contributed by atoms with Crippen LogP contribution in [0.15, 0.2) is 6.20 Å². The molecule has 82 valence electrons. The van der Waals surface area contributed by atoms with Crippen molar-refractivity contribution in [1.29, 1.82) is 0 Å². The van der Waals surface area contributed by atoms with Crippen molar-refractivity contribution < 1.29 is 4.79 Å². The molecule has 0 amide bonds. The van der Waals surface area contributed by atoms with Gasteiger partial charge < -0.3 is 0 Å². The summed E-state index contributed by atoms with van der Waals surface area (Å²) in [6.07, 6.45) is 5.73. The van der Waals surface area contributed by atoms with E-state index in [0.717, 1.165) is 24.3 Å². The molecule has 0 bridgehead atoms. The van der Waals surface area contributed by atoms with Gasteiger partial charge in [-0.15, -0.1) is 11.3 Å². The van der Waals surface area contributed by atoms with Crippen LogP contribution in [0, 0.1) is 12.8 Å². The lowest BCUT2D eigenvalue weighted by Crippen LogP contribution is -2.22. The van der Waals surface area contributed by atoms with Gasteiger partial charge >= 0.3 is 0 Å². The zero-order chi connectivity index (χ0) is 10.8. The predicted molar refractivity (Wildman–Crippen MR) is 62.2 cm³/mol. The molecule has 1 heterocycles. The van der Waals surface area contributed by atoms with E-state index in [1.807, 2.05) is 13.1 Å². The van der Waals surface area contributed by atoms with Crippen LogP contribution in [0.5, 0.6) is 0 Å². The summed E-state index contributed by atoms with van der Waals surface area (Å²) in [4.78, 5) is 17.1. The van der Waals surface area contributed by atoms with Gasteiger partial charge in [0.2, 0.25) is 0 Å².